The van der Waals surface area contributed by atoms with Gasteiger partial charge in [-0.05, 0) is 50.2 Å². The van der Waals surface area contributed by atoms with E-state index in [1.807, 2.05) is 38.1 Å². The number of carbonyl (C=O) groups excluding carboxylic acids is 2. The highest BCUT2D eigenvalue weighted by Gasteiger charge is 2.13. The highest BCUT2D eigenvalue weighted by Crippen LogP contribution is 2.18. The first kappa shape index (κ1) is 19.2. The Labute approximate surface area is 163 Å². The summed E-state index contributed by atoms with van der Waals surface area (Å²) in [5.41, 5.74) is 2.85. The number of aryl methyl sites for hydroxylation is 1. The molecule has 0 fully saturated rings. The van der Waals surface area contributed by atoms with E-state index < -0.39 is 0 Å². The summed E-state index contributed by atoms with van der Waals surface area (Å²) in [6.07, 6.45) is 1.72. The van der Waals surface area contributed by atoms with E-state index in [4.69, 9.17) is 4.74 Å². The molecule has 3 aromatic rings. The third-order valence-corrected chi connectivity index (χ3v) is 4.05. The molecule has 144 valence electrons. The number of rotatable bonds is 7. The van der Waals surface area contributed by atoms with Crippen molar-refractivity contribution in [3.05, 3.63) is 72.1 Å². The van der Waals surface area contributed by atoms with Crippen LogP contribution in [-0.2, 0) is 4.79 Å². The Balaban J connectivity index is 1.61. The quantitative estimate of drug-likeness (QED) is 0.662. The molecule has 0 saturated heterocycles. The van der Waals surface area contributed by atoms with Crippen molar-refractivity contribution in [3.63, 3.8) is 0 Å². The largest absolute Gasteiger partial charge is 0.493 e. The number of aromatic nitrogens is 2. The highest BCUT2D eigenvalue weighted by atomic mass is 16.5. The van der Waals surface area contributed by atoms with Gasteiger partial charge in [0.15, 0.2) is 0 Å². The first-order chi connectivity index (χ1) is 13.6. The van der Waals surface area contributed by atoms with E-state index >= 15 is 0 Å². The van der Waals surface area contributed by atoms with Gasteiger partial charge in [-0.2, -0.15) is 5.10 Å². The van der Waals surface area contributed by atoms with Crippen molar-refractivity contribution in [1.82, 2.24) is 15.1 Å². The van der Waals surface area contributed by atoms with Gasteiger partial charge in [-0.1, -0.05) is 18.2 Å². The number of hydrogen-bond acceptors (Lipinski definition) is 4. The number of benzene rings is 2. The van der Waals surface area contributed by atoms with Gasteiger partial charge in [0.1, 0.15) is 5.75 Å². The number of amides is 2. The summed E-state index contributed by atoms with van der Waals surface area (Å²) in [6.45, 7) is 4.11. The minimum Gasteiger partial charge on any atom is -0.493 e. The van der Waals surface area contributed by atoms with E-state index in [1.165, 1.54) is 0 Å². The molecule has 0 bridgehead atoms. The van der Waals surface area contributed by atoms with Gasteiger partial charge >= 0.3 is 0 Å². The average molecular weight is 378 g/mol. The predicted octanol–water partition coefficient (Wildman–Crippen LogP) is 2.95. The zero-order valence-corrected chi connectivity index (χ0v) is 15.8. The zero-order chi connectivity index (χ0) is 19.9. The summed E-state index contributed by atoms with van der Waals surface area (Å²) in [4.78, 5) is 24.6. The van der Waals surface area contributed by atoms with Gasteiger partial charge in [0.25, 0.3) is 5.91 Å². The topological polar surface area (TPSA) is 85.2 Å². The Morgan fingerprint density at radius 3 is 2.68 bits per heavy atom. The number of para-hydroxylation sites is 1. The van der Waals surface area contributed by atoms with Crippen LogP contribution in [0.5, 0.6) is 5.75 Å². The number of carbonyl (C=O) groups is 2. The van der Waals surface area contributed by atoms with Crippen molar-refractivity contribution in [2.45, 2.75) is 13.8 Å². The Morgan fingerprint density at radius 1 is 1.11 bits per heavy atom. The number of nitrogens with one attached hydrogen (secondary N) is 2. The molecule has 2 N–H and O–H groups in total. The molecule has 1 heterocycles. The maximum absolute atomic E-state index is 12.4. The summed E-state index contributed by atoms with van der Waals surface area (Å²) >= 11 is 0. The average Bonchev–Trinajstić information content (AvgIpc) is 3.13. The molecule has 0 radical (unpaired) electrons. The Kier molecular flexibility index (Phi) is 6.06. The van der Waals surface area contributed by atoms with Crippen LogP contribution in [0.4, 0.5) is 5.69 Å². The highest BCUT2D eigenvalue weighted by molar-refractivity contribution is 6.00. The lowest BCUT2D eigenvalue weighted by Crippen LogP contribution is -2.33. The van der Waals surface area contributed by atoms with Crippen molar-refractivity contribution in [2.75, 3.05) is 18.5 Å². The van der Waals surface area contributed by atoms with Crippen LogP contribution in [0.3, 0.4) is 0 Å². The van der Waals surface area contributed by atoms with Crippen LogP contribution in [0, 0.1) is 6.92 Å². The molecule has 7 nitrogen and oxygen atoms in total. The maximum atomic E-state index is 12.4. The normalized spacial score (nSPS) is 10.4. The maximum Gasteiger partial charge on any atom is 0.255 e. The van der Waals surface area contributed by atoms with Gasteiger partial charge in [0.2, 0.25) is 5.91 Å². The van der Waals surface area contributed by atoms with Gasteiger partial charge in [-0.25, -0.2) is 4.68 Å². The van der Waals surface area contributed by atoms with E-state index in [-0.39, 0.29) is 18.4 Å². The Bertz CT molecular complexity index is 981. The molecule has 1 aromatic heterocycles. The molecule has 0 spiro atoms. The standard InChI is InChI=1S/C21H22N4O3/c1-3-28-19-10-5-4-9-18(19)21(27)22-14-20(26)24-16-7-6-8-17(13-16)25-15(2)11-12-23-25/h4-13H,3,14H2,1-2H3,(H,22,27)(H,24,26). The molecule has 7 heteroatoms. The van der Waals surface area contributed by atoms with E-state index in [1.54, 1.807) is 41.2 Å². The van der Waals surface area contributed by atoms with E-state index in [0.717, 1.165) is 11.4 Å². The van der Waals surface area contributed by atoms with E-state index in [9.17, 15) is 9.59 Å². The van der Waals surface area contributed by atoms with Crippen molar-refractivity contribution in [2.24, 2.45) is 0 Å². The number of ether oxygens (including phenoxy) is 1. The minimum atomic E-state index is -0.361. The van der Waals surface area contributed by atoms with Crippen LogP contribution < -0.4 is 15.4 Å². The number of hydrogen-bond donors (Lipinski definition) is 2. The molecule has 0 atom stereocenters. The first-order valence-electron chi connectivity index (χ1n) is 8.99. The van der Waals surface area contributed by atoms with Crippen molar-refractivity contribution >= 4 is 17.5 Å². The van der Waals surface area contributed by atoms with Gasteiger partial charge in [0, 0.05) is 17.6 Å². The third kappa shape index (κ3) is 4.56. The fraction of sp³-hybridized carbons (Fsp3) is 0.190. The predicted molar refractivity (Wildman–Crippen MR) is 107 cm³/mol. The Morgan fingerprint density at radius 2 is 1.93 bits per heavy atom. The lowest BCUT2D eigenvalue weighted by molar-refractivity contribution is -0.115. The molecular weight excluding hydrogens is 356 g/mol. The van der Waals surface area contributed by atoms with Crippen molar-refractivity contribution in [1.29, 1.82) is 0 Å². The van der Waals surface area contributed by atoms with Gasteiger partial charge in [-0.3, -0.25) is 9.59 Å². The summed E-state index contributed by atoms with van der Waals surface area (Å²) < 4.78 is 7.23. The zero-order valence-electron chi connectivity index (χ0n) is 15.8. The molecule has 0 aliphatic carbocycles. The molecule has 0 saturated carbocycles. The van der Waals surface area contributed by atoms with Gasteiger partial charge in [0.05, 0.1) is 24.4 Å². The SMILES string of the molecule is CCOc1ccccc1C(=O)NCC(=O)Nc1cccc(-n2nccc2C)c1. The van der Waals surface area contributed by atoms with Crippen LogP contribution in [0.2, 0.25) is 0 Å². The van der Waals surface area contributed by atoms with E-state index in [0.29, 0.717) is 23.6 Å². The van der Waals surface area contributed by atoms with Crippen molar-refractivity contribution in [3.8, 4) is 11.4 Å². The molecule has 3 rings (SSSR count). The van der Waals surface area contributed by atoms with Gasteiger partial charge in [-0.15, -0.1) is 0 Å². The Hall–Kier alpha value is -3.61. The number of anilines is 1. The smallest absolute Gasteiger partial charge is 0.255 e. The molecule has 0 aliphatic rings. The lowest BCUT2D eigenvalue weighted by atomic mass is 10.2. The van der Waals surface area contributed by atoms with Crippen LogP contribution in [-0.4, -0.2) is 34.7 Å². The fourth-order valence-corrected chi connectivity index (χ4v) is 2.75. The second-order valence-electron chi connectivity index (χ2n) is 6.09. The fourth-order valence-electron chi connectivity index (χ4n) is 2.75. The molecule has 0 aliphatic heterocycles. The molecular formula is C21H22N4O3. The molecule has 28 heavy (non-hydrogen) atoms. The van der Waals surface area contributed by atoms with Gasteiger partial charge < -0.3 is 15.4 Å². The summed E-state index contributed by atoms with van der Waals surface area (Å²) in [7, 11) is 0. The van der Waals surface area contributed by atoms with E-state index in [2.05, 4.69) is 15.7 Å². The lowest BCUT2D eigenvalue weighted by Gasteiger charge is -2.11. The van der Waals surface area contributed by atoms with Crippen LogP contribution in [0.15, 0.2) is 60.8 Å². The van der Waals surface area contributed by atoms with Crippen molar-refractivity contribution < 1.29 is 14.3 Å². The second-order valence-corrected chi connectivity index (χ2v) is 6.09. The molecule has 2 amide bonds. The monoisotopic (exact) mass is 378 g/mol. The third-order valence-electron chi connectivity index (χ3n) is 4.05. The van der Waals surface area contributed by atoms with Crippen LogP contribution in [0.1, 0.15) is 23.0 Å². The summed E-state index contributed by atoms with van der Waals surface area (Å²) in [6, 6.07) is 16.2. The summed E-state index contributed by atoms with van der Waals surface area (Å²) in [5, 5.41) is 9.66. The molecule has 2 aromatic carbocycles. The number of nitrogens with zero attached hydrogens (tertiary/aromatic N) is 2. The first-order valence-corrected chi connectivity index (χ1v) is 8.99. The minimum absolute atomic E-state index is 0.148. The molecule has 0 unspecified atom stereocenters. The summed E-state index contributed by atoms with van der Waals surface area (Å²) in [5.74, 6) is -0.193. The second kappa shape index (κ2) is 8.85. The van der Waals surface area contributed by atoms with Crippen LogP contribution >= 0.6 is 0 Å². The van der Waals surface area contributed by atoms with Crippen LogP contribution in [0.25, 0.3) is 5.69 Å².